The third-order valence-corrected chi connectivity index (χ3v) is 3.15. The van der Waals surface area contributed by atoms with E-state index in [2.05, 4.69) is 21.2 Å². The summed E-state index contributed by atoms with van der Waals surface area (Å²) in [6.45, 7) is 0.562. The summed E-state index contributed by atoms with van der Waals surface area (Å²) in [5.41, 5.74) is 6.80. The highest BCUT2D eigenvalue weighted by Gasteiger charge is 2.04. The summed E-state index contributed by atoms with van der Waals surface area (Å²) >= 11 is 3.35. The topological polar surface area (TPSA) is 72.2 Å². The lowest BCUT2D eigenvalue weighted by Gasteiger charge is -2.05. The highest BCUT2D eigenvalue weighted by molar-refractivity contribution is 9.08. The van der Waals surface area contributed by atoms with E-state index in [4.69, 9.17) is 5.73 Å². The van der Waals surface area contributed by atoms with Crippen LogP contribution in [0.3, 0.4) is 0 Å². The highest BCUT2D eigenvalue weighted by Crippen LogP contribution is 2.07. The van der Waals surface area contributed by atoms with E-state index in [1.54, 1.807) is 12.1 Å². The van der Waals surface area contributed by atoms with E-state index in [1.807, 2.05) is 12.1 Å². The maximum absolute atomic E-state index is 11.7. The fourth-order valence-corrected chi connectivity index (χ4v) is 1.85. The number of nitrogens with one attached hydrogen (secondary N) is 1. The molecule has 0 atom stereocenters. The van der Waals surface area contributed by atoms with Gasteiger partial charge >= 0.3 is 0 Å². The van der Waals surface area contributed by atoms with Gasteiger partial charge in [-0.15, -0.1) is 0 Å². The molecule has 3 N–H and O–H groups in total. The third kappa shape index (κ3) is 5.31. The molecule has 0 aliphatic rings. The zero-order valence-corrected chi connectivity index (χ0v) is 11.7. The van der Waals surface area contributed by atoms with E-state index in [0.717, 1.165) is 17.3 Å². The molecule has 0 aliphatic heterocycles. The van der Waals surface area contributed by atoms with Crippen molar-refractivity contribution in [3.8, 4) is 0 Å². The second kappa shape index (κ2) is 7.87. The molecule has 98 valence electrons. The quantitative estimate of drug-likeness (QED) is 0.597. The molecule has 0 heterocycles. The number of nitrogens with two attached hydrogens (primary N) is 1. The van der Waals surface area contributed by atoms with Gasteiger partial charge in [-0.1, -0.05) is 28.1 Å². The third-order valence-electron chi connectivity index (χ3n) is 2.51. The minimum Gasteiger partial charge on any atom is -0.370 e. The molecule has 0 unspecified atom stereocenters. The van der Waals surface area contributed by atoms with Crippen LogP contribution in [0.2, 0.25) is 0 Å². The second-order valence-electron chi connectivity index (χ2n) is 4.01. The summed E-state index contributed by atoms with van der Waals surface area (Å²) in [5, 5.41) is 3.59. The molecule has 18 heavy (non-hydrogen) atoms. The number of carbonyl (C=O) groups is 2. The molecular weight excluding hydrogens is 296 g/mol. The van der Waals surface area contributed by atoms with Crippen LogP contribution in [0.1, 0.15) is 35.2 Å². The average molecular weight is 313 g/mol. The Morgan fingerprint density at radius 1 is 1.17 bits per heavy atom. The van der Waals surface area contributed by atoms with Gasteiger partial charge in [0, 0.05) is 23.9 Å². The van der Waals surface area contributed by atoms with Crippen LogP contribution >= 0.6 is 15.9 Å². The molecule has 0 saturated heterocycles. The first-order valence-electron chi connectivity index (χ1n) is 5.85. The summed E-state index contributed by atoms with van der Waals surface area (Å²) in [7, 11) is 0. The number of primary amides is 1. The molecule has 0 saturated carbocycles. The summed E-state index contributed by atoms with van der Waals surface area (Å²) in [4.78, 5) is 22.2. The number of carbonyl (C=O) groups excluding carboxylic acids is 2. The number of rotatable bonds is 7. The molecule has 1 aromatic rings. The van der Waals surface area contributed by atoms with Gasteiger partial charge in [0.25, 0.3) is 5.91 Å². The lowest BCUT2D eigenvalue weighted by molar-refractivity contribution is -0.118. The smallest absolute Gasteiger partial charge is 0.251 e. The van der Waals surface area contributed by atoms with Gasteiger partial charge in [0.05, 0.1) is 0 Å². The van der Waals surface area contributed by atoms with Crippen LogP contribution in [0.4, 0.5) is 0 Å². The van der Waals surface area contributed by atoms with Gasteiger partial charge in [-0.25, -0.2) is 0 Å². The van der Waals surface area contributed by atoms with Crippen molar-refractivity contribution in [2.45, 2.75) is 24.6 Å². The fraction of sp³-hybridized carbons (Fsp3) is 0.385. The largest absolute Gasteiger partial charge is 0.370 e. The summed E-state index contributed by atoms with van der Waals surface area (Å²) < 4.78 is 0. The number of hydrogen-bond acceptors (Lipinski definition) is 2. The summed E-state index contributed by atoms with van der Waals surface area (Å²) in [6, 6.07) is 7.43. The summed E-state index contributed by atoms with van der Waals surface area (Å²) in [5.74, 6) is -0.387. The van der Waals surface area contributed by atoms with Crippen molar-refractivity contribution in [3.63, 3.8) is 0 Å². The van der Waals surface area contributed by atoms with E-state index in [9.17, 15) is 9.59 Å². The molecule has 0 radical (unpaired) electrons. The predicted molar refractivity (Wildman–Crippen MR) is 74.5 cm³/mol. The molecule has 0 aliphatic carbocycles. The molecule has 2 amide bonds. The van der Waals surface area contributed by atoms with Gasteiger partial charge in [0.1, 0.15) is 0 Å². The van der Waals surface area contributed by atoms with Gasteiger partial charge < -0.3 is 11.1 Å². The first-order valence-corrected chi connectivity index (χ1v) is 6.97. The van der Waals surface area contributed by atoms with Gasteiger partial charge in [-0.2, -0.15) is 0 Å². The van der Waals surface area contributed by atoms with E-state index in [0.29, 0.717) is 24.9 Å². The van der Waals surface area contributed by atoms with Crippen molar-refractivity contribution in [2.75, 3.05) is 6.54 Å². The molecular formula is C13H17BrN2O2. The zero-order chi connectivity index (χ0) is 13.4. The minimum atomic E-state index is -0.299. The van der Waals surface area contributed by atoms with Crippen molar-refractivity contribution in [1.82, 2.24) is 5.32 Å². The highest BCUT2D eigenvalue weighted by atomic mass is 79.9. The van der Waals surface area contributed by atoms with Crippen molar-refractivity contribution in [3.05, 3.63) is 35.4 Å². The molecule has 1 rings (SSSR count). The lowest BCUT2D eigenvalue weighted by Crippen LogP contribution is -2.24. The van der Waals surface area contributed by atoms with E-state index < -0.39 is 0 Å². The normalized spacial score (nSPS) is 10.1. The number of alkyl halides is 1. The maximum atomic E-state index is 11.7. The second-order valence-corrected chi connectivity index (χ2v) is 4.57. The number of hydrogen-bond donors (Lipinski definition) is 2. The Bertz CT molecular complexity index is 404. The van der Waals surface area contributed by atoms with Crippen LogP contribution in [-0.4, -0.2) is 18.4 Å². The Kier molecular flexibility index (Phi) is 6.43. The maximum Gasteiger partial charge on any atom is 0.251 e. The Hall–Kier alpha value is -1.36. The van der Waals surface area contributed by atoms with Crippen molar-refractivity contribution in [2.24, 2.45) is 5.73 Å². The lowest BCUT2D eigenvalue weighted by atomic mass is 10.1. The van der Waals surface area contributed by atoms with Gasteiger partial charge in [-0.05, 0) is 30.5 Å². The van der Waals surface area contributed by atoms with Crippen LogP contribution in [0.5, 0.6) is 0 Å². The standard InChI is InChI=1S/C13H17BrN2O2/c14-9-10-4-6-11(7-5-10)13(18)16-8-2-1-3-12(15)17/h4-7H,1-3,8-9H2,(H2,15,17)(H,16,18). The monoisotopic (exact) mass is 312 g/mol. The molecule has 4 nitrogen and oxygen atoms in total. The van der Waals surface area contributed by atoms with Crippen molar-refractivity contribution in [1.29, 1.82) is 0 Å². The van der Waals surface area contributed by atoms with Crippen molar-refractivity contribution < 1.29 is 9.59 Å². The van der Waals surface area contributed by atoms with E-state index >= 15 is 0 Å². The number of benzene rings is 1. The van der Waals surface area contributed by atoms with Gasteiger partial charge in [0.2, 0.25) is 5.91 Å². The minimum absolute atomic E-state index is 0.0878. The van der Waals surface area contributed by atoms with Crippen LogP contribution in [0.15, 0.2) is 24.3 Å². The number of amides is 2. The fourth-order valence-electron chi connectivity index (χ4n) is 1.47. The number of unbranched alkanes of at least 4 members (excludes halogenated alkanes) is 1. The van der Waals surface area contributed by atoms with E-state index in [-0.39, 0.29) is 11.8 Å². The molecule has 0 aromatic heterocycles. The predicted octanol–water partition coefficient (Wildman–Crippen LogP) is 1.97. The first kappa shape index (κ1) is 14.7. The first-order chi connectivity index (χ1) is 8.63. The molecule has 0 spiro atoms. The summed E-state index contributed by atoms with van der Waals surface area (Å²) in [6.07, 6.45) is 1.84. The average Bonchev–Trinajstić information content (AvgIpc) is 2.38. The molecule has 0 bridgehead atoms. The van der Waals surface area contributed by atoms with Gasteiger partial charge in [-0.3, -0.25) is 9.59 Å². The Balaban J connectivity index is 2.29. The zero-order valence-electron chi connectivity index (χ0n) is 10.1. The molecule has 1 aromatic carbocycles. The van der Waals surface area contributed by atoms with Crippen LogP contribution in [-0.2, 0) is 10.1 Å². The number of halogens is 1. The Morgan fingerprint density at radius 2 is 1.83 bits per heavy atom. The van der Waals surface area contributed by atoms with Crippen molar-refractivity contribution >= 4 is 27.7 Å². The molecule has 0 fully saturated rings. The Morgan fingerprint density at radius 3 is 2.39 bits per heavy atom. The van der Waals surface area contributed by atoms with Crippen LogP contribution < -0.4 is 11.1 Å². The Labute approximate surface area is 115 Å². The van der Waals surface area contributed by atoms with E-state index in [1.165, 1.54) is 0 Å². The van der Waals surface area contributed by atoms with Crippen LogP contribution in [0, 0.1) is 0 Å². The van der Waals surface area contributed by atoms with Crippen LogP contribution in [0.25, 0.3) is 0 Å². The van der Waals surface area contributed by atoms with Gasteiger partial charge in [0.15, 0.2) is 0 Å². The molecule has 5 heteroatoms. The SMILES string of the molecule is NC(=O)CCCCNC(=O)c1ccc(CBr)cc1.